The van der Waals surface area contributed by atoms with E-state index in [0.717, 1.165) is 30.5 Å². The smallest absolute Gasteiger partial charge is 0.269 e. The van der Waals surface area contributed by atoms with E-state index in [1.807, 2.05) is 30.3 Å². The van der Waals surface area contributed by atoms with Gasteiger partial charge < -0.3 is 14.8 Å². The molecule has 3 atom stereocenters. The Balaban J connectivity index is 1.39. The maximum absolute atomic E-state index is 12.5. The highest BCUT2D eigenvalue weighted by Gasteiger charge is 2.34. The van der Waals surface area contributed by atoms with Crippen molar-refractivity contribution in [3.8, 4) is 11.3 Å². The number of aromatic amines is 1. The number of aromatic nitrogens is 2. The van der Waals surface area contributed by atoms with Crippen molar-refractivity contribution in [1.29, 1.82) is 0 Å². The third-order valence-corrected chi connectivity index (χ3v) is 4.71. The molecule has 2 fully saturated rings. The summed E-state index contributed by atoms with van der Waals surface area (Å²) in [6.07, 6.45) is 2.92. The normalized spacial score (nSPS) is 26.6. The van der Waals surface area contributed by atoms with Crippen molar-refractivity contribution < 1.29 is 14.3 Å². The minimum Gasteiger partial charge on any atom is -0.373 e. The van der Waals surface area contributed by atoms with Crippen molar-refractivity contribution in [2.75, 3.05) is 13.2 Å². The molecule has 6 heteroatoms. The van der Waals surface area contributed by atoms with Gasteiger partial charge in [-0.1, -0.05) is 30.3 Å². The van der Waals surface area contributed by atoms with Gasteiger partial charge in [0.05, 0.1) is 31.1 Å². The fourth-order valence-electron chi connectivity index (χ4n) is 3.46. The summed E-state index contributed by atoms with van der Waals surface area (Å²) >= 11 is 0. The molecule has 126 valence electrons. The molecule has 2 aliphatic rings. The van der Waals surface area contributed by atoms with Crippen LogP contribution in [-0.2, 0) is 9.47 Å². The second kappa shape index (κ2) is 6.75. The topological polar surface area (TPSA) is 76.2 Å². The van der Waals surface area contributed by atoms with Gasteiger partial charge in [0.1, 0.15) is 5.69 Å². The van der Waals surface area contributed by atoms with Crippen LogP contribution in [-0.4, -0.2) is 47.6 Å². The summed E-state index contributed by atoms with van der Waals surface area (Å²) < 4.78 is 11.5. The highest BCUT2D eigenvalue weighted by atomic mass is 16.6. The van der Waals surface area contributed by atoms with Crippen LogP contribution in [0.25, 0.3) is 11.3 Å². The quantitative estimate of drug-likeness (QED) is 0.905. The molecule has 1 aromatic carbocycles. The molecule has 1 aromatic heterocycles. The zero-order valence-corrected chi connectivity index (χ0v) is 13.4. The van der Waals surface area contributed by atoms with Crippen LogP contribution in [0.4, 0.5) is 0 Å². The summed E-state index contributed by atoms with van der Waals surface area (Å²) in [5.41, 5.74) is 2.24. The minimum absolute atomic E-state index is 0.0967. The zero-order valence-electron chi connectivity index (χ0n) is 13.4. The fraction of sp³-hybridized carbons (Fsp3) is 0.444. The Hall–Kier alpha value is -2.18. The van der Waals surface area contributed by atoms with E-state index in [4.69, 9.17) is 9.47 Å². The van der Waals surface area contributed by atoms with Crippen LogP contribution in [0.15, 0.2) is 36.4 Å². The second-order valence-electron chi connectivity index (χ2n) is 6.33. The molecule has 24 heavy (non-hydrogen) atoms. The van der Waals surface area contributed by atoms with Crippen molar-refractivity contribution in [2.24, 2.45) is 0 Å². The van der Waals surface area contributed by atoms with E-state index in [1.54, 1.807) is 6.07 Å². The molecule has 2 N–H and O–H groups in total. The monoisotopic (exact) mass is 327 g/mol. The van der Waals surface area contributed by atoms with E-state index in [1.165, 1.54) is 0 Å². The van der Waals surface area contributed by atoms with Gasteiger partial charge >= 0.3 is 0 Å². The number of nitrogens with zero attached hydrogens (tertiary/aromatic N) is 1. The molecule has 1 saturated carbocycles. The van der Waals surface area contributed by atoms with Crippen LogP contribution >= 0.6 is 0 Å². The maximum atomic E-state index is 12.5. The molecular formula is C18H21N3O3. The molecule has 1 aliphatic heterocycles. The lowest BCUT2D eigenvalue weighted by Crippen LogP contribution is -2.49. The molecule has 6 nitrogen and oxygen atoms in total. The zero-order chi connectivity index (χ0) is 16.4. The van der Waals surface area contributed by atoms with Gasteiger partial charge in [-0.3, -0.25) is 9.89 Å². The Bertz CT molecular complexity index is 701. The molecule has 1 aliphatic carbocycles. The van der Waals surface area contributed by atoms with Crippen LogP contribution in [0.3, 0.4) is 0 Å². The summed E-state index contributed by atoms with van der Waals surface area (Å²) in [6.45, 7) is 1.32. The number of hydrogen-bond donors (Lipinski definition) is 2. The van der Waals surface area contributed by atoms with E-state index < -0.39 is 0 Å². The Morgan fingerprint density at radius 2 is 1.92 bits per heavy atom. The number of fused-ring (bicyclic) bond motifs is 1. The van der Waals surface area contributed by atoms with Crippen LogP contribution in [0, 0.1) is 0 Å². The number of hydrogen-bond acceptors (Lipinski definition) is 4. The standard InChI is InChI=1S/C18H21N3O3/c22-18(15-11-14(20-21-15)12-4-2-1-3-5-12)19-13-6-7-16-17(10-13)24-9-8-23-16/h1-5,11,13,16-17H,6-10H2,(H,19,22)(H,20,21). The third kappa shape index (κ3) is 3.20. The van der Waals surface area contributed by atoms with Gasteiger partial charge in [0.25, 0.3) is 5.91 Å². The van der Waals surface area contributed by atoms with E-state index in [9.17, 15) is 4.79 Å². The molecule has 0 spiro atoms. The Morgan fingerprint density at radius 3 is 2.75 bits per heavy atom. The number of carbonyl (C=O) groups excluding carboxylic acids is 1. The highest BCUT2D eigenvalue weighted by Crippen LogP contribution is 2.27. The van der Waals surface area contributed by atoms with Gasteiger partial charge in [-0.25, -0.2) is 0 Å². The number of nitrogens with one attached hydrogen (secondary N) is 2. The Morgan fingerprint density at radius 1 is 1.12 bits per heavy atom. The van der Waals surface area contributed by atoms with Crippen LogP contribution in [0.2, 0.25) is 0 Å². The van der Waals surface area contributed by atoms with Gasteiger partial charge in [-0.2, -0.15) is 5.10 Å². The summed E-state index contributed by atoms with van der Waals surface area (Å²) in [5, 5.41) is 10.2. The predicted molar refractivity (Wildman–Crippen MR) is 88.6 cm³/mol. The molecule has 1 saturated heterocycles. The van der Waals surface area contributed by atoms with Crippen LogP contribution in [0.1, 0.15) is 29.8 Å². The highest BCUT2D eigenvalue weighted by molar-refractivity contribution is 5.93. The second-order valence-corrected chi connectivity index (χ2v) is 6.33. The molecular weight excluding hydrogens is 306 g/mol. The lowest BCUT2D eigenvalue weighted by molar-refractivity contribution is -0.157. The number of ether oxygens (including phenoxy) is 2. The first-order valence-corrected chi connectivity index (χ1v) is 8.44. The lowest BCUT2D eigenvalue weighted by Gasteiger charge is -2.38. The SMILES string of the molecule is O=C(NC1CCC2OCCOC2C1)c1cc(-c2ccccc2)n[nH]1. The molecule has 0 bridgehead atoms. The first-order valence-electron chi connectivity index (χ1n) is 8.44. The van der Waals surface area contributed by atoms with E-state index in [2.05, 4.69) is 15.5 Å². The minimum atomic E-state index is -0.121. The van der Waals surface area contributed by atoms with E-state index in [-0.39, 0.29) is 24.2 Å². The van der Waals surface area contributed by atoms with Gasteiger partial charge in [0.15, 0.2) is 0 Å². The molecule has 4 rings (SSSR count). The van der Waals surface area contributed by atoms with Gasteiger partial charge in [0.2, 0.25) is 0 Å². The van der Waals surface area contributed by atoms with Crippen LogP contribution in [0.5, 0.6) is 0 Å². The number of amides is 1. The number of benzene rings is 1. The third-order valence-electron chi connectivity index (χ3n) is 4.71. The lowest BCUT2D eigenvalue weighted by atomic mass is 9.89. The molecule has 1 amide bonds. The average molecular weight is 327 g/mol. The summed E-state index contributed by atoms with van der Waals surface area (Å²) in [4.78, 5) is 12.5. The van der Waals surface area contributed by atoms with Gasteiger partial charge in [-0.05, 0) is 25.3 Å². The Labute approximate surface area is 140 Å². The first-order chi connectivity index (χ1) is 11.8. The predicted octanol–water partition coefficient (Wildman–Crippen LogP) is 2.14. The van der Waals surface area contributed by atoms with Crippen molar-refractivity contribution >= 4 is 5.91 Å². The molecule has 2 aromatic rings. The summed E-state index contributed by atoms with van der Waals surface area (Å²) in [7, 11) is 0. The van der Waals surface area contributed by atoms with Crippen LogP contribution < -0.4 is 5.32 Å². The maximum Gasteiger partial charge on any atom is 0.269 e. The largest absolute Gasteiger partial charge is 0.373 e. The summed E-state index contributed by atoms with van der Waals surface area (Å²) in [5.74, 6) is -0.121. The fourth-order valence-corrected chi connectivity index (χ4v) is 3.46. The Kier molecular flexibility index (Phi) is 4.32. The van der Waals surface area contributed by atoms with Crippen molar-refractivity contribution in [2.45, 2.75) is 37.5 Å². The number of carbonyl (C=O) groups is 1. The molecule has 3 unspecified atom stereocenters. The van der Waals surface area contributed by atoms with Crippen molar-refractivity contribution in [1.82, 2.24) is 15.5 Å². The molecule has 2 heterocycles. The van der Waals surface area contributed by atoms with E-state index in [0.29, 0.717) is 18.9 Å². The number of H-pyrrole nitrogens is 1. The van der Waals surface area contributed by atoms with Gasteiger partial charge in [-0.15, -0.1) is 0 Å². The van der Waals surface area contributed by atoms with Crippen molar-refractivity contribution in [3.63, 3.8) is 0 Å². The first kappa shape index (κ1) is 15.4. The van der Waals surface area contributed by atoms with Gasteiger partial charge in [0, 0.05) is 11.6 Å². The average Bonchev–Trinajstić information content (AvgIpc) is 3.13. The molecule has 0 radical (unpaired) electrons. The van der Waals surface area contributed by atoms with E-state index >= 15 is 0 Å². The summed E-state index contributed by atoms with van der Waals surface area (Å²) in [6, 6.07) is 11.7. The van der Waals surface area contributed by atoms with Crippen molar-refractivity contribution in [3.05, 3.63) is 42.1 Å². The number of rotatable bonds is 3.